The largest absolute Gasteiger partial charge is 0.469 e. The lowest BCUT2D eigenvalue weighted by atomic mass is 10.2. The van der Waals surface area contributed by atoms with Crippen LogP contribution in [0.3, 0.4) is 0 Å². The highest BCUT2D eigenvalue weighted by Gasteiger charge is 1.99. The van der Waals surface area contributed by atoms with Crippen LogP contribution in [0.1, 0.15) is 31.9 Å². The number of furan rings is 1. The molecule has 0 amide bonds. The summed E-state index contributed by atoms with van der Waals surface area (Å²) in [6.45, 7) is 5.45. The summed E-state index contributed by atoms with van der Waals surface area (Å²) in [5.41, 5.74) is 0. The second-order valence-electron chi connectivity index (χ2n) is 4.57. The van der Waals surface area contributed by atoms with E-state index in [9.17, 15) is 0 Å². The third-order valence-corrected chi connectivity index (χ3v) is 2.86. The Balaban J connectivity index is 2.17. The molecule has 0 bridgehead atoms. The summed E-state index contributed by atoms with van der Waals surface area (Å²) in [5, 5.41) is 6.56. The number of rotatable bonds is 10. The number of nitrogens with zero attached hydrogens (tertiary/aromatic N) is 1. The highest BCUT2D eigenvalue weighted by atomic mass is 16.5. The number of methoxy groups -OCH3 is 1. The molecular formula is C15H27N3O2. The highest BCUT2D eigenvalue weighted by Crippen LogP contribution is 1.99. The van der Waals surface area contributed by atoms with E-state index in [4.69, 9.17) is 9.15 Å². The van der Waals surface area contributed by atoms with Crippen molar-refractivity contribution in [2.24, 2.45) is 4.99 Å². The van der Waals surface area contributed by atoms with Crippen LogP contribution in [0.5, 0.6) is 0 Å². The van der Waals surface area contributed by atoms with Crippen molar-refractivity contribution in [3.8, 4) is 0 Å². The topological polar surface area (TPSA) is 58.8 Å². The van der Waals surface area contributed by atoms with Gasteiger partial charge in [0.25, 0.3) is 0 Å². The van der Waals surface area contributed by atoms with Crippen molar-refractivity contribution in [3.63, 3.8) is 0 Å². The second-order valence-corrected chi connectivity index (χ2v) is 4.57. The van der Waals surface area contributed by atoms with E-state index in [1.165, 1.54) is 0 Å². The van der Waals surface area contributed by atoms with E-state index < -0.39 is 0 Å². The van der Waals surface area contributed by atoms with Crippen LogP contribution in [0.25, 0.3) is 0 Å². The Kier molecular flexibility index (Phi) is 9.40. The van der Waals surface area contributed by atoms with Crippen LogP contribution >= 0.6 is 0 Å². The minimum atomic E-state index is 0.822. The molecule has 0 radical (unpaired) electrons. The predicted octanol–water partition coefficient (Wildman–Crippen LogP) is 2.19. The summed E-state index contributed by atoms with van der Waals surface area (Å²) in [6, 6.07) is 3.90. The molecule has 0 aliphatic rings. The van der Waals surface area contributed by atoms with Gasteiger partial charge in [0.05, 0.1) is 6.26 Å². The average Bonchev–Trinajstić information content (AvgIpc) is 2.96. The molecule has 0 saturated carbocycles. The number of aliphatic imine (C=N–C) groups is 1. The first-order valence-electron chi connectivity index (χ1n) is 7.40. The predicted molar refractivity (Wildman–Crippen MR) is 82.1 cm³/mol. The van der Waals surface area contributed by atoms with Gasteiger partial charge in [-0.05, 0) is 38.3 Å². The molecule has 0 unspecified atom stereocenters. The minimum Gasteiger partial charge on any atom is -0.469 e. The maximum atomic E-state index is 5.30. The highest BCUT2D eigenvalue weighted by molar-refractivity contribution is 5.79. The molecule has 20 heavy (non-hydrogen) atoms. The lowest BCUT2D eigenvalue weighted by molar-refractivity contribution is 0.192. The lowest BCUT2D eigenvalue weighted by Gasteiger charge is -2.10. The SMILES string of the molecule is CCNC(=NCCCCCOC)NCCc1ccco1. The number of hydrogen-bond acceptors (Lipinski definition) is 3. The number of ether oxygens (including phenoxy) is 1. The van der Waals surface area contributed by atoms with E-state index in [0.717, 1.165) is 63.6 Å². The summed E-state index contributed by atoms with van der Waals surface area (Å²) < 4.78 is 10.3. The summed E-state index contributed by atoms with van der Waals surface area (Å²) in [4.78, 5) is 4.55. The molecule has 1 heterocycles. The summed E-state index contributed by atoms with van der Waals surface area (Å²) in [6.07, 6.45) is 5.93. The van der Waals surface area contributed by atoms with Crippen LogP contribution in [0.2, 0.25) is 0 Å². The Bertz CT molecular complexity index is 350. The van der Waals surface area contributed by atoms with E-state index in [2.05, 4.69) is 22.5 Å². The van der Waals surface area contributed by atoms with Gasteiger partial charge in [-0.15, -0.1) is 0 Å². The number of unbranched alkanes of at least 4 members (excludes halogenated alkanes) is 2. The number of guanidine groups is 1. The molecule has 0 aliphatic heterocycles. The van der Waals surface area contributed by atoms with Crippen molar-refractivity contribution in [3.05, 3.63) is 24.2 Å². The van der Waals surface area contributed by atoms with Gasteiger partial charge < -0.3 is 19.8 Å². The molecule has 5 nitrogen and oxygen atoms in total. The van der Waals surface area contributed by atoms with Gasteiger partial charge in [-0.2, -0.15) is 0 Å². The van der Waals surface area contributed by atoms with E-state index >= 15 is 0 Å². The van der Waals surface area contributed by atoms with Gasteiger partial charge in [0.2, 0.25) is 0 Å². The molecule has 0 saturated heterocycles. The monoisotopic (exact) mass is 281 g/mol. The van der Waals surface area contributed by atoms with Crippen LogP contribution in [0.15, 0.2) is 27.8 Å². The van der Waals surface area contributed by atoms with Crippen LogP contribution in [0.4, 0.5) is 0 Å². The first-order valence-corrected chi connectivity index (χ1v) is 7.40. The Morgan fingerprint density at radius 2 is 2.20 bits per heavy atom. The lowest BCUT2D eigenvalue weighted by Crippen LogP contribution is -2.38. The van der Waals surface area contributed by atoms with Crippen LogP contribution in [-0.2, 0) is 11.2 Å². The van der Waals surface area contributed by atoms with Crippen LogP contribution in [-0.4, -0.2) is 39.3 Å². The maximum absolute atomic E-state index is 5.30. The van der Waals surface area contributed by atoms with E-state index in [1.807, 2.05) is 12.1 Å². The fourth-order valence-electron chi connectivity index (χ4n) is 1.83. The molecule has 1 aromatic rings. The van der Waals surface area contributed by atoms with Crippen molar-refractivity contribution >= 4 is 5.96 Å². The smallest absolute Gasteiger partial charge is 0.191 e. The third-order valence-electron chi connectivity index (χ3n) is 2.86. The van der Waals surface area contributed by atoms with Gasteiger partial charge >= 0.3 is 0 Å². The maximum Gasteiger partial charge on any atom is 0.191 e. The summed E-state index contributed by atoms with van der Waals surface area (Å²) in [7, 11) is 1.74. The van der Waals surface area contributed by atoms with E-state index in [0.29, 0.717) is 0 Å². The molecule has 0 fully saturated rings. The molecule has 0 spiro atoms. The normalized spacial score (nSPS) is 11.6. The van der Waals surface area contributed by atoms with Gasteiger partial charge in [-0.1, -0.05) is 0 Å². The van der Waals surface area contributed by atoms with Crippen molar-refractivity contribution in [2.45, 2.75) is 32.6 Å². The summed E-state index contributed by atoms with van der Waals surface area (Å²) >= 11 is 0. The zero-order valence-electron chi connectivity index (χ0n) is 12.7. The van der Waals surface area contributed by atoms with Crippen molar-refractivity contribution < 1.29 is 9.15 Å². The molecule has 1 aromatic heterocycles. The Morgan fingerprint density at radius 3 is 2.90 bits per heavy atom. The molecule has 2 N–H and O–H groups in total. The van der Waals surface area contributed by atoms with Crippen molar-refractivity contribution in [1.29, 1.82) is 0 Å². The Hall–Kier alpha value is -1.49. The average molecular weight is 281 g/mol. The first kappa shape index (κ1) is 16.6. The minimum absolute atomic E-state index is 0.822. The molecule has 0 atom stereocenters. The number of hydrogen-bond donors (Lipinski definition) is 2. The molecule has 1 rings (SSSR count). The van der Waals surface area contributed by atoms with Crippen LogP contribution < -0.4 is 10.6 Å². The van der Waals surface area contributed by atoms with Gasteiger partial charge in [0, 0.05) is 39.8 Å². The molecule has 0 aliphatic carbocycles. The molecule has 5 heteroatoms. The van der Waals surface area contributed by atoms with Gasteiger partial charge in [-0.3, -0.25) is 4.99 Å². The Labute approximate surface area is 121 Å². The fraction of sp³-hybridized carbons (Fsp3) is 0.667. The van der Waals surface area contributed by atoms with E-state index in [1.54, 1.807) is 13.4 Å². The van der Waals surface area contributed by atoms with Crippen LogP contribution in [0, 0.1) is 0 Å². The fourth-order valence-corrected chi connectivity index (χ4v) is 1.83. The molecule has 114 valence electrons. The van der Waals surface area contributed by atoms with Crippen molar-refractivity contribution in [2.75, 3.05) is 33.4 Å². The number of nitrogens with one attached hydrogen (secondary N) is 2. The quantitative estimate of drug-likeness (QED) is 0.392. The second kappa shape index (κ2) is 11.3. The zero-order valence-corrected chi connectivity index (χ0v) is 12.7. The molecular weight excluding hydrogens is 254 g/mol. The standard InChI is InChI=1S/C15H27N3O2/c1-3-16-15(17-10-5-4-6-12-19-2)18-11-9-14-8-7-13-20-14/h7-8,13H,3-6,9-12H2,1-2H3,(H2,16,17,18). The van der Waals surface area contributed by atoms with Crippen molar-refractivity contribution in [1.82, 2.24) is 10.6 Å². The first-order chi connectivity index (χ1) is 9.86. The van der Waals surface area contributed by atoms with Gasteiger partial charge in [0.15, 0.2) is 5.96 Å². The third kappa shape index (κ3) is 7.84. The van der Waals surface area contributed by atoms with Gasteiger partial charge in [-0.25, -0.2) is 0 Å². The summed E-state index contributed by atoms with van der Waals surface area (Å²) in [5.74, 6) is 1.87. The van der Waals surface area contributed by atoms with E-state index in [-0.39, 0.29) is 0 Å². The zero-order chi connectivity index (χ0) is 14.5. The Morgan fingerprint density at radius 1 is 1.30 bits per heavy atom. The molecule has 0 aromatic carbocycles. The van der Waals surface area contributed by atoms with Gasteiger partial charge in [0.1, 0.15) is 5.76 Å².